The van der Waals surface area contributed by atoms with E-state index in [0.29, 0.717) is 51.4 Å². The fourth-order valence-corrected chi connectivity index (χ4v) is 5.47. The largest absolute Gasteiger partial charge is 0.484 e. The summed E-state index contributed by atoms with van der Waals surface area (Å²) >= 11 is 0. The van der Waals surface area contributed by atoms with Crippen LogP contribution in [0.3, 0.4) is 0 Å². The first kappa shape index (κ1) is 33.5. The second-order valence-corrected chi connectivity index (χ2v) is 11.7. The zero-order valence-corrected chi connectivity index (χ0v) is 25.1. The lowest BCUT2D eigenvalue weighted by Gasteiger charge is -2.30. The van der Waals surface area contributed by atoms with Crippen molar-refractivity contribution in [2.75, 3.05) is 52.5 Å². The van der Waals surface area contributed by atoms with E-state index in [2.05, 4.69) is 16.0 Å². The van der Waals surface area contributed by atoms with Crippen molar-refractivity contribution in [3.05, 3.63) is 29.8 Å². The Labute approximate surface area is 255 Å². The number of carbonyl (C=O) groups excluding carboxylic acids is 4. The summed E-state index contributed by atoms with van der Waals surface area (Å²) in [5.41, 5.74) is 0.718. The molecule has 3 atom stereocenters. The summed E-state index contributed by atoms with van der Waals surface area (Å²) < 4.78 is 37.8. The number of rotatable bonds is 9. The molecular weight excluding hydrogens is 580 g/mol. The van der Waals surface area contributed by atoms with Gasteiger partial charge in [0.25, 0.3) is 5.91 Å². The van der Waals surface area contributed by atoms with Crippen molar-refractivity contribution < 1.29 is 42.5 Å². The summed E-state index contributed by atoms with van der Waals surface area (Å²) in [6.45, 7) is 3.65. The number of carbonyl (C=O) groups is 4. The van der Waals surface area contributed by atoms with Gasteiger partial charge in [0.2, 0.25) is 23.6 Å². The first-order valence-corrected chi connectivity index (χ1v) is 15.2. The number of benzene rings is 1. The summed E-state index contributed by atoms with van der Waals surface area (Å²) in [6, 6.07) is 5.00. The normalized spacial score (nSPS) is 25.5. The van der Waals surface area contributed by atoms with E-state index >= 15 is 0 Å². The van der Waals surface area contributed by atoms with Crippen LogP contribution in [0.1, 0.15) is 44.6 Å². The van der Waals surface area contributed by atoms with Crippen LogP contribution < -0.4 is 20.7 Å². The minimum atomic E-state index is -2.64. The summed E-state index contributed by atoms with van der Waals surface area (Å²) in [5.74, 6) is -3.79. The monoisotopic (exact) mass is 623 g/mol. The van der Waals surface area contributed by atoms with Gasteiger partial charge in [-0.05, 0) is 37.5 Å². The van der Waals surface area contributed by atoms with Gasteiger partial charge in [-0.25, -0.2) is 8.78 Å². The number of ether oxygens (including phenoxy) is 2. The molecule has 4 N–H and O–H groups in total. The third-order valence-electron chi connectivity index (χ3n) is 8.29. The van der Waals surface area contributed by atoms with Crippen LogP contribution in [0.25, 0.3) is 0 Å². The number of nitrogens with one attached hydrogen (secondary N) is 3. The Kier molecular flexibility index (Phi) is 11.9. The molecule has 1 saturated carbocycles. The van der Waals surface area contributed by atoms with Crippen molar-refractivity contribution in [1.82, 2.24) is 25.8 Å². The molecule has 0 aromatic heterocycles. The van der Waals surface area contributed by atoms with Gasteiger partial charge < -0.3 is 40.3 Å². The topological polar surface area (TPSA) is 150 Å². The summed E-state index contributed by atoms with van der Waals surface area (Å²) in [4.78, 5) is 54.5. The lowest BCUT2D eigenvalue weighted by atomic mass is 9.92. The molecule has 3 fully saturated rings. The first-order chi connectivity index (χ1) is 21.0. The van der Waals surface area contributed by atoms with E-state index in [0.717, 1.165) is 5.56 Å². The van der Waals surface area contributed by atoms with Gasteiger partial charge in [0, 0.05) is 51.5 Å². The average Bonchev–Trinajstić information content (AvgIpc) is 3.01. The molecule has 1 aromatic carbocycles. The third-order valence-corrected chi connectivity index (χ3v) is 8.29. The van der Waals surface area contributed by atoms with Crippen molar-refractivity contribution in [2.45, 2.75) is 75.6 Å². The van der Waals surface area contributed by atoms with Gasteiger partial charge in [0.1, 0.15) is 11.8 Å². The van der Waals surface area contributed by atoms with Gasteiger partial charge in [-0.2, -0.15) is 0 Å². The Bertz CT molecular complexity index is 1140. The second-order valence-electron chi connectivity index (χ2n) is 11.7. The van der Waals surface area contributed by atoms with Gasteiger partial charge in [0.05, 0.1) is 38.3 Å². The van der Waals surface area contributed by atoms with E-state index in [1.165, 1.54) is 4.90 Å². The Balaban J connectivity index is 1.33. The number of nitrogens with zero attached hydrogens (tertiary/aromatic N) is 2. The number of hydrogen-bond donors (Lipinski definition) is 4. The van der Waals surface area contributed by atoms with Crippen LogP contribution in [0.15, 0.2) is 24.3 Å². The number of morpholine rings is 1. The zero-order valence-electron chi connectivity index (χ0n) is 25.1. The highest BCUT2D eigenvalue weighted by molar-refractivity contribution is 5.91. The highest BCUT2D eigenvalue weighted by Gasteiger charge is 2.35. The van der Waals surface area contributed by atoms with E-state index in [1.54, 1.807) is 36.1 Å². The molecule has 4 amide bonds. The van der Waals surface area contributed by atoms with E-state index < -0.39 is 41.8 Å². The minimum Gasteiger partial charge on any atom is -0.484 e. The second kappa shape index (κ2) is 15.6. The summed E-state index contributed by atoms with van der Waals surface area (Å²) in [6.07, 6.45) is -1.05. The molecule has 0 radical (unpaired) electrons. The lowest BCUT2D eigenvalue weighted by Crippen LogP contribution is -2.53. The van der Waals surface area contributed by atoms with Crippen LogP contribution in [0.5, 0.6) is 5.75 Å². The van der Waals surface area contributed by atoms with Crippen molar-refractivity contribution in [3.63, 3.8) is 0 Å². The number of alkyl halides is 2. The zero-order chi connectivity index (χ0) is 31.7. The molecule has 0 spiro atoms. The first-order valence-electron chi connectivity index (χ1n) is 15.2. The predicted molar refractivity (Wildman–Crippen MR) is 155 cm³/mol. The minimum absolute atomic E-state index is 0.0960. The predicted octanol–water partition coefficient (Wildman–Crippen LogP) is 0.217. The third kappa shape index (κ3) is 10.1. The van der Waals surface area contributed by atoms with Crippen LogP contribution in [0, 0.1) is 0 Å². The van der Waals surface area contributed by atoms with Crippen LogP contribution in [-0.4, -0.2) is 121 Å². The standard InChI is InChI=1S/C30H43F2N5O7/c1-20-25(38)17-27(40)37(11-10-33-22-6-8-30(31,32)9-7-22)18-26(39)35-24(29(42)34-20)16-21-2-4-23(5-3-21)44-19-28(41)36-12-14-43-15-13-36/h2-5,20,22,24-25,33,38H,6-19H2,1H3,(H,34,42)(H,35,39)/t20-,24-,25-/m0/s1. The maximum Gasteiger partial charge on any atom is 0.260 e. The Morgan fingerprint density at radius 3 is 2.48 bits per heavy atom. The number of hydrogen-bond acceptors (Lipinski definition) is 8. The molecule has 12 nitrogen and oxygen atoms in total. The summed E-state index contributed by atoms with van der Waals surface area (Å²) in [7, 11) is 0. The van der Waals surface area contributed by atoms with Crippen molar-refractivity contribution in [3.8, 4) is 5.75 Å². The molecule has 4 rings (SSSR count). The van der Waals surface area contributed by atoms with Crippen molar-refractivity contribution in [1.29, 1.82) is 0 Å². The molecule has 44 heavy (non-hydrogen) atoms. The smallest absolute Gasteiger partial charge is 0.260 e. The molecule has 0 unspecified atom stereocenters. The Morgan fingerprint density at radius 1 is 1.11 bits per heavy atom. The van der Waals surface area contributed by atoms with Crippen molar-refractivity contribution >= 4 is 23.6 Å². The van der Waals surface area contributed by atoms with E-state index in [1.807, 2.05) is 0 Å². The van der Waals surface area contributed by atoms with Gasteiger partial charge in [-0.1, -0.05) is 12.1 Å². The quantitative estimate of drug-likeness (QED) is 0.305. The van der Waals surface area contributed by atoms with Gasteiger partial charge in [-0.15, -0.1) is 0 Å². The molecular formula is C30H43F2N5O7. The molecule has 244 valence electrons. The van der Waals surface area contributed by atoms with Crippen LogP contribution in [0.4, 0.5) is 8.78 Å². The lowest BCUT2D eigenvalue weighted by molar-refractivity contribution is -0.138. The highest BCUT2D eigenvalue weighted by atomic mass is 19.3. The molecule has 1 aromatic rings. The maximum atomic E-state index is 13.5. The molecule has 14 heteroatoms. The van der Waals surface area contributed by atoms with Crippen LogP contribution >= 0.6 is 0 Å². The molecule has 2 aliphatic heterocycles. The number of aliphatic hydroxyl groups is 1. The Morgan fingerprint density at radius 2 is 1.80 bits per heavy atom. The molecule has 3 aliphatic rings. The average molecular weight is 624 g/mol. The van der Waals surface area contributed by atoms with Gasteiger partial charge in [-0.3, -0.25) is 19.2 Å². The van der Waals surface area contributed by atoms with Crippen molar-refractivity contribution in [2.24, 2.45) is 0 Å². The van der Waals surface area contributed by atoms with Crippen LogP contribution in [0.2, 0.25) is 0 Å². The maximum absolute atomic E-state index is 13.5. The van der Waals surface area contributed by atoms with Crippen LogP contribution in [-0.2, 0) is 30.3 Å². The van der Waals surface area contributed by atoms with E-state index in [9.17, 15) is 33.1 Å². The highest BCUT2D eigenvalue weighted by Crippen LogP contribution is 2.32. The molecule has 0 bridgehead atoms. The number of amides is 4. The summed E-state index contributed by atoms with van der Waals surface area (Å²) in [5, 5.41) is 19.2. The molecule has 2 heterocycles. The van der Waals surface area contributed by atoms with Gasteiger partial charge >= 0.3 is 0 Å². The SMILES string of the molecule is C[C@@H]1NC(=O)[C@H](Cc2ccc(OCC(=O)N3CCOCC3)cc2)NC(=O)CN(CCNC2CCC(F)(F)CC2)C(=O)C[C@@H]1O. The van der Waals surface area contributed by atoms with E-state index in [4.69, 9.17) is 9.47 Å². The van der Waals surface area contributed by atoms with Gasteiger partial charge in [0.15, 0.2) is 6.61 Å². The fourth-order valence-electron chi connectivity index (χ4n) is 5.47. The molecule has 2 saturated heterocycles. The fraction of sp³-hybridized carbons (Fsp3) is 0.667. The number of halogens is 2. The molecule has 1 aliphatic carbocycles. The van der Waals surface area contributed by atoms with E-state index in [-0.39, 0.29) is 57.3 Å². The number of aliphatic hydroxyl groups excluding tert-OH is 1. The Hall–Kier alpha value is -3.36.